The largest absolute Gasteiger partial charge is 0.493 e. The van der Waals surface area contributed by atoms with Crippen LogP contribution in [0.5, 0.6) is 11.5 Å². The molecule has 134 valence electrons. The summed E-state index contributed by atoms with van der Waals surface area (Å²) in [6, 6.07) is 2.44. The number of benzene rings is 1. The SMILES string of the molecule is CCCN(Cc1cc(OC)c(OC(F)F)cc1[N+](=O)[O-])CC1CC1. The van der Waals surface area contributed by atoms with Gasteiger partial charge in [0.2, 0.25) is 0 Å². The van der Waals surface area contributed by atoms with Crippen molar-refractivity contribution < 1.29 is 23.2 Å². The molecule has 1 aromatic rings. The molecule has 24 heavy (non-hydrogen) atoms. The molecule has 1 fully saturated rings. The second-order valence-electron chi connectivity index (χ2n) is 5.95. The summed E-state index contributed by atoms with van der Waals surface area (Å²) < 4.78 is 34.3. The topological polar surface area (TPSA) is 64.8 Å². The molecule has 0 amide bonds. The van der Waals surface area contributed by atoms with Crippen molar-refractivity contribution in [1.82, 2.24) is 4.90 Å². The van der Waals surface area contributed by atoms with E-state index < -0.39 is 11.5 Å². The number of nitrogens with zero attached hydrogens (tertiary/aromatic N) is 2. The lowest BCUT2D eigenvalue weighted by Crippen LogP contribution is -2.26. The molecule has 2 rings (SSSR count). The van der Waals surface area contributed by atoms with Crippen molar-refractivity contribution in [2.24, 2.45) is 5.92 Å². The maximum atomic E-state index is 12.5. The highest BCUT2D eigenvalue weighted by molar-refractivity contribution is 5.54. The van der Waals surface area contributed by atoms with E-state index in [1.807, 2.05) is 0 Å². The van der Waals surface area contributed by atoms with Crippen LogP contribution >= 0.6 is 0 Å². The zero-order chi connectivity index (χ0) is 17.7. The van der Waals surface area contributed by atoms with Crippen molar-refractivity contribution in [1.29, 1.82) is 0 Å². The number of alkyl halides is 2. The molecule has 1 aliphatic carbocycles. The van der Waals surface area contributed by atoms with Gasteiger partial charge in [0.15, 0.2) is 11.5 Å². The van der Waals surface area contributed by atoms with Crippen molar-refractivity contribution in [3.63, 3.8) is 0 Å². The first-order valence-corrected chi connectivity index (χ1v) is 7.97. The van der Waals surface area contributed by atoms with Crippen LogP contribution < -0.4 is 9.47 Å². The van der Waals surface area contributed by atoms with Crippen LogP contribution in [-0.4, -0.2) is 36.6 Å². The zero-order valence-corrected chi connectivity index (χ0v) is 13.8. The van der Waals surface area contributed by atoms with Gasteiger partial charge in [0.25, 0.3) is 5.69 Å². The summed E-state index contributed by atoms with van der Waals surface area (Å²) in [6.07, 6.45) is 3.31. The highest BCUT2D eigenvalue weighted by atomic mass is 19.3. The molecule has 0 bridgehead atoms. The van der Waals surface area contributed by atoms with Crippen molar-refractivity contribution in [3.8, 4) is 11.5 Å². The summed E-state index contributed by atoms with van der Waals surface area (Å²) in [7, 11) is 1.32. The van der Waals surface area contributed by atoms with Gasteiger partial charge in [-0.15, -0.1) is 0 Å². The Morgan fingerprint density at radius 2 is 2.08 bits per heavy atom. The van der Waals surface area contributed by atoms with Gasteiger partial charge in [-0.2, -0.15) is 8.78 Å². The van der Waals surface area contributed by atoms with Crippen LogP contribution in [0, 0.1) is 16.0 Å². The molecule has 1 aromatic carbocycles. The average molecular weight is 344 g/mol. The lowest BCUT2D eigenvalue weighted by Gasteiger charge is -2.22. The number of hydrogen-bond acceptors (Lipinski definition) is 5. The van der Waals surface area contributed by atoms with Gasteiger partial charge >= 0.3 is 6.61 Å². The maximum Gasteiger partial charge on any atom is 0.387 e. The third-order valence-corrected chi connectivity index (χ3v) is 3.92. The standard InChI is InChI=1S/C16H22F2N2O4/c1-3-6-19(9-11-4-5-11)10-12-7-14(23-2)15(24-16(17)18)8-13(12)20(21)22/h7-8,11,16H,3-6,9-10H2,1-2H3. The van der Waals surface area contributed by atoms with Gasteiger partial charge in [0.1, 0.15) is 0 Å². The quantitative estimate of drug-likeness (QED) is 0.477. The number of methoxy groups -OCH3 is 1. The molecule has 0 spiro atoms. The Kier molecular flexibility index (Phi) is 6.30. The van der Waals surface area contributed by atoms with Crippen molar-refractivity contribution in [2.45, 2.75) is 39.3 Å². The predicted molar refractivity (Wildman–Crippen MR) is 84.6 cm³/mol. The zero-order valence-electron chi connectivity index (χ0n) is 13.8. The monoisotopic (exact) mass is 344 g/mol. The van der Waals surface area contributed by atoms with Gasteiger partial charge in [-0.25, -0.2) is 0 Å². The van der Waals surface area contributed by atoms with Gasteiger partial charge in [0, 0.05) is 18.7 Å². The van der Waals surface area contributed by atoms with Crippen molar-refractivity contribution in [2.75, 3.05) is 20.2 Å². The van der Waals surface area contributed by atoms with E-state index in [1.165, 1.54) is 26.0 Å². The molecule has 0 radical (unpaired) electrons. The molecule has 1 saturated carbocycles. The minimum atomic E-state index is -3.07. The molecule has 8 heteroatoms. The van der Waals surface area contributed by atoms with E-state index in [0.717, 1.165) is 25.6 Å². The highest BCUT2D eigenvalue weighted by Crippen LogP contribution is 2.37. The number of halogens is 2. The molecule has 0 N–H and O–H groups in total. The van der Waals surface area contributed by atoms with E-state index in [-0.39, 0.29) is 17.2 Å². The van der Waals surface area contributed by atoms with Crippen LogP contribution in [0.3, 0.4) is 0 Å². The summed E-state index contributed by atoms with van der Waals surface area (Å²) in [5.41, 5.74) is 0.205. The number of hydrogen-bond donors (Lipinski definition) is 0. The molecule has 1 aliphatic rings. The second-order valence-corrected chi connectivity index (χ2v) is 5.95. The molecule has 0 heterocycles. The van der Waals surface area contributed by atoms with E-state index in [1.54, 1.807) is 0 Å². The fourth-order valence-electron chi connectivity index (χ4n) is 2.69. The summed E-state index contributed by atoms with van der Waals surface area (Å²) in [6.45, 7) is 1.07. The van der Waals surface area contributed by atoms with E-state index in [0.29, 0.717) is 18.0 Å². The number of nitro groups is 1. The highest BCUT2D eigenvalue weighted by Gasteiger charge is 2.27. The van der Waals surface area contributed by atoms with E-state index >= 15 is 0 Å². The molecule has 0 saturated heterocycles. The first kappa shape index (κ1) is 18.4. The average Bonchev–Trinajstić information content (AvgIpc) is 3.31. The molecule has 6 nitrogen and oxygen atoms in total. The molecular formula is C16H22F2N2O4. The van der Waals surface area contributed by atoms with Gasteiger partial charge in [-0.05, 0) is 37.8 Å². The van der Waals surface area contributed by atoms with Crippen LogP contribution in [0.25, 0.3) is 0 Å². The molecular weight excluding hydrogens is 322 g/mol. The Hall–Kier alpha value is -1.96. The minimum Gasteiger partial charge on any atom is -0.493 e. The summed E-state index contributed by atoms with van der Waals surface area (Å²) in [5, 5.41) is 11.3. The number of rotatable bonds is 10. The normalized spacial score (nSPS) is 14.2. The Balaban J connectivity index is 2.29. The van der Waals surface area contributed by atoms with Crippen LogP contribution in [-0.2, 0) is 6.54 Å². The van der Waals surface area contributed by atoms with Crippen LogP contribution in [0.2, 0.25) is 0 Å². The van der Waals surface area contributed by atoms with E-state index in [9.17, 15) is 18.9 Å². The fraction of sp³-hybridized carbons (Fsp3) is 0.625. The molecule has 0 aliphatic heterocycles. The lowest BCUT2D eigenvalue weighted by atomic mass is 10.1. The third kappa shape index (κ3) is 5.02. The molecule has 0 atom stereocenters. The minimum absolute atomic E-state index is 0.0683. The van der Waals surface area contributed by atoms with Gasteiger partial charge < -0.3 is 9.47 Å². The van der Waals surface area contributed by atoms with Crippen LogP contribution in [0.15, 0.2) is 12.1 Å². The van der Waals surface area contributed by atoms with Gasteiger partial charge in [0.05, 0.1) is 18.1 Å². The maximum absolute atomic E-state index is 12.5. The van der Waals surface area contributed by atoms with Crippen LogP contribution in [0.4, 0.5) is 14.5 Å². The van der Waals surface area contributed by atoms with Crippen molar-refractivity contribution >= 4 is 5.69 Å². The van der Waals surface area contributed by atoms with Gasteiger partial charge in [-0.3, -0.25) is 15.0 Å². The summed E-state index contributed by atoms with van der Waals surface area (Å²) >= 11 is 0. The molecule has 0 aromatic heterocycles. The number of nitro benzene ring substituents is 1. The first-order chi connectivity index (χ1) is 11.4. The smallest absolute Gasteiger partial charge is 0.387 e. The summed E-state index contributed by atoms with van der Waals surface area (Å²) in [5.74, 6) is 0.393. The Bertz CT molecular complexity index is 579. The van der Waals surface area contributed by atoms with Crippen LogP contribution in [0.1, 0.15) is 31.7 Å². The van der Waals surface area contributed by atoms with Gasteiger partial charge in [-0.1, -0.05) is 6.92 Å². The fourth-order valence-corrected chi connectivity index (χ4v) is 2.69. The summed E-state index contributed by atoms with van der Waals surface area (Å²) in [4.78, 5) is 12.9. The molecule has 0 unspecified atom stereocenters. The van der Waals surface area contributed by atoms with E-state index in [2.05, 4.69) is 16.6 Å². The Morgan fingerprint density at radius 1 is 1.38 bits per heavy atom. The van der Waals surface area contributed by atoms with Crippen molar-refractivity contribution in [3.05, 3.63) is 27.8 Å². The van der Waals surface area contributed by atoms with E-state index in [4.69, 9.17) is 4.74 Å². The first-order valence-electron chi connectivity index (χ1n) is 7.97. The number of ether oxygens (including phenoxy) is 2. The third-order valence-electron chi connectivity index (χ3n) is 3.92. The predicted octanol–water partition coefficient (Wildman–Crippen LogP) is 3.83. The second kappa shape index (κ2) is 8.23. The Labute approximate surface area is 139 Å². The lowest BCUT2D eigenvalue weighted by molar-refractivity contribution is -0.385. The Morgan fingerprint density at radius 3 is 2.58 bits per heavy atom.